The Morgan fingerprint density at radius 2 is 2.10 bits per heavy atom. The van der Waals surface area contributed by atoms with E-state index in [0.717, 1.165) is 30.9 Å². The quantitative estimate of drug-likeness (QED) is 0.895. The van der Waals surface area contributed by atoms with Crippen molar-refractivity contribution in [1.82, 2.24) is 5.32 Å². The minimum Gasteiger partial charge on any atom is -0.377 e. The summed E-state index contributed by atoms with van der Waals surface area (Å²) in [5.41, 5.74) is 2.93. The van der Waals surface area contributed by atoms with Gasteiger partial charge >= 0.3 is 0 Å². The molecule has 0 aliphatic carbocycles. The van der Waals surface area contributed by atoms with Crippen LogP contribution in [0.2, 0.25) is 0 Å². The number of hydrogen-bond acceptors (Lipinski definition) is 3. The van der Waals surface area contributed by atoms with Crippen LogP contribution in [-0.2, 0) is 4.79 Å². The van der Waals surface area contributed by atoms with Crippen molar-refractivity contribution < 1.29 is 4.79 Å². The van der Waals surface area contributed by atoms with E-state index in [0.29, 0.717) is 5.92 Å². The number of nitrogens with zero attached hydrogens (tertiary/aromatic N) is 1. The molecule has 1 aliphatic rings. The van der Waals surface area contributed by atoms with Gasteiger partial charge in [0.15, 0.2) is 0 Å². The van der Waals surface area contributed by atoms with Crippen LogP contribution in [0.5, 0.6) is 0 Å². The summed E-state index contributed by atoms with van der Waals surface area (Å²) in [4.78, 5) is 14.8. The third kappa shape index (κ3) is 3.05. The van der Waals surface area contributed by atoms with Crippen molar-refractivity contribution in [1.29, 1.82) is 0 Å². The van der Waals surface area contributed by atoms with Gasteiger partial charge in [-0.05, 0) is 43.5 Å². The van der Waals surface area contributed by atoms with E-state index in [1.807, 2.05) is 26.2 Å². The molecule has 1 atom stereocenters. The second-order valence-electron chi connectivity index (χ2n) is 6.59. The molecule has 0 aromatic heterocycles. The average Bonchev–Trinajstić information content (AvgIpc) is 2.91. The minimum absolute atomic E-state index is 0.135. The predicted octanol–water partition coefficient (Wildman–Crippen LogP) is 2.64. The Morgan fingerprint density at radius 1 is 1.38 bits per heavy atom. The van der Waals surface area contributed by atoms with E-state index in [4.69, 9.17) is 0 Å². The second-order valence-corrected chi connectivity index (χ2v) is 6.59. The van der Waals surface area contributed by atoms with Gasteiger partial charge in [-0.25, -0.2) is 0 Å². The van der Waals surface area contributed by atoms with Crippen LogP contribution >= 0.6 is 0 Å². The highest BCUT2D eigenvalue weighted by atomic mass is 16.2. The molecule has 1 fully saturated rings. The lowest BCUT2D eigenvalue weighted by molar-refractivity contribution is -0.126. The summed E-state index contributed by atoms with van der Waals surface area (Å²) in [7, 11) is 4.04. The fourth-order valence-electron chi connectivity index (χ4n) is 3.08. The van der Waals surface area contributed by atoms with Crippen molar-refractivity contribution in [2.24, 2.45) is 11.3 Å². The fraction of sp³-hybridized carbons (Fsp3) is 0.588. The van der Waals surface area contributed by atoms with Crippen molar-refractivity contribution in [2.45, 2.75) is 27.2 Å². The molecule has 1 unspecified atom stereocenters. The summed E-state index contributed by atoms with van der Waals surface area (Å²) >= 11 is 0. The zero-order chi connectivity index (χ0) is 15.6. The Balaban J connectivity index is 2.21. The van der Waals surface area contributed by atoms with E-state index in [1.165, 1.54) is 5.56 Å². The molecule has 1 aromatic rings. The number of anilines is 2. The summed E-state index contributed by atoms with van der Waals surface area (Å²) in [6.07, 6.45) is 0.906. The highest BCUT2D eigenvalue weighted by molar-refractivity contribution is 5.96. The molecule has 1 saturated heterocycles. The zero-order valence-electron chi connectivity index (χ0n) is 13.8. The maximum Gasteiger partial charge on any atom is 0.232 e. The largest absolute Gasteiger partial charge is 0.377 e. The van der Waals surface area contributed by atoms with E-state index in [-0.39, 0.29) is 11.3 Å². The average molecular weight is 289 g/mol. The van der Waals surface area contributed by atoms with Crippen LogP contribution in [0.25, 0.3) is 0 Å². The number of aryl methyl sites for hydroxylation is 1. The Hall–Kier alpha value is -1.55. The van der Waals surface area contributed by atoms with Crippen molar-refractivity contribution in [3.8, 4) is 0 Å². The molecule has 4 nitrogen and oxygen atoms in total. The number of rotatable bonds is 4. The van der Waals surface area contributed by atoms with Crippen molar-refractivity contribution in [2.75, 3.05) is 37.4 Å². The summed E-state index contributed by atoms with van der Waals surface area (Å²) in [5, 5.41) is 6.45. The number of nitrogens with one attached hydrogen (secondary N) is 2. The number of amides is 1. The third-order valence-electron chi connectivity index (χ3n) is 4.69. The molecule has 1 aliphatic heterocycles. The molecule has 1 heterocycles. The second kappa shape index (κ2) is 6.06. The Morgan fingerprint density at radius 3 is 2.62 bits per heavy atom. The zero-order valence-corrected chi connectivity index (χ0v) is 13.8. The monoisotopic (exact) mass is 289 g/mol. The molecule has 1 aromatic carbocycles. The summed E-state index contributed by atoms with van der Waals surface area (Å²) < 4.78 is 0. The first-order valence-electron chi connectivity index (χ1n) is 7.67. The standard InChI is InChI=1S/C17H27N3O/c1-12(2)17(8-9-18-11-17)16(21)19-14-7-6-13(3)15(10-14)20(4)5/h6-7,10,12,18H,8-9,11H2,1-5H3,(H,19,21). The van der Waals surface area contributed by atoms with Gasteiger partial charge in [0.2, 0.25) is 5.91 Å². The van der Waals surface area contributed by atoms with Gasteiger partial charge in [0, 0.05) is 32.0 Å². The number of carbonyl (C=O) groups is 1. The normalized spacial score (nSPS) is 21.6. The molecular formula is C17H27N3O. The van der Waals surface area contributed by atoms with E-state index < -0.39 is 0 Å². The maximum absolute atomic E-state index is 12.8. The summed E-state index contributed by atoms with van der Waals surface area (Å²) in [5.74, 6) is 0.460. The van der Waals surface area contributed by atoms with Crippen LogP contribution in [0.4, 0.5) is 11.4 Å². The van der Waals surface area contributed by atoms with E-state index >= 15 is 0 Å². The molecule has 1 amide bonds. The Bertz CT molecular complexity index is 517. The van der Waals surface area contributed by atoms with Crippen molar-refractivity contribution >= 4 is 17.3 Å². The van der Waals surface area contributed by atoms with Gasteiger partial charge in [-0.15, -0.1) is 0 Å². The van der Waals surface area contributed by atoms with Crippen LogP contribution in [0.3, 0.4) is 0 Å². The van der Waals surface area contributed by atoms with Gasteiger partial charge in [-0.3, -0.25) is 4.79 Å². The molecule has 0 bridgehead atoms. The SMILES string of the molecule is Cc1ccc(NC(=O)C2(C(C)C)CCNC2)cc1N(C)C. The third-order valence-corrected chi connectivity index (χ3v) is 4.69. The Labute approximate surface area is 127 Å². The lowest BCUT2D eigenvalue weighted by Gasteiger charge is -2.31. The lowest BCUT2D eigenvalue weighted by atomic mass is 9.75. The van der Waals surface area contributed by atoms with Crippen LogP contribution < -0.4 is 15.5 Å². The van der Waals surface area contributed by atoms with Gasteiger partial charge in [0.05, 0.1) is 5.41 Å². The molecule has 0 radical (unpaired) electrons. The number of hydrogen-bond donors (Lipinski definition) is 2. The highest BCUT2D eigenvalue weighted by Gasteiger charge is 2.43. The smallest absolute Gasteiger partial charge is 0.232 e. The van der Waals surface area contributed by atoms with E-state index in [1.54, 1.807) is 0 Å². The molecule has 0 spiro atoms. The molecular weight excluding hydrogens is 262 g/mol. The summed E-state index contributed by atoms with van der Waals surface area (Å²) in [6, 6.07) is 6.08. The maximum atomic E-state index is 12.8. The van der Waals surface area contributed by atoms with Gasteiger partial charge in [0.1, 0.15) is 0 Å². The first-order valence-corrected chi connectivity index (χ1v) is 7.67. The van der Waals surface area contributed by atoms with Gasteiger partial charge in [-0.1, -0.05) is 19.9 Å². The number of carbonyl (C=O) groups excluding carboxylic acids is 1. The minimum atomic E-state index is -0.289. The first-order chi connectivity index (χ1) is 9.86. The van der Waals surface area contributed by atoms with Crippen molar-refractivity contribution in [3.05, 3.63) is 23.8 Å². The molecule has 0 saturated carbocycles. The van der Waals surface area contributed by atoms with Crippen LogP contribution in [0.1, 0.15) is 25.8 Å². The number of benzene rings is 1. The Kier molecular flexibility index (Phi) is 4.57. The molecule has 116 valence electrons. The predicted molar refractivity (Wildman–Crippen MR) is 88.9 cm³/mol. The van der Waals surface area contributed by atoms with Crippen molar-refractivity contribution in [3.63, 3.8) is 0 Å². The lowest BCUT2D eigenvalue weighted by Crippen LogP contribution is -2.42. The molecule has 4 heteroatoms. The first kappa shape index (κ1) is 15.8. The van der Waals surface area contributed by atoms with Gasteiger partial charge in [0.25, 0.3) is 0 Å². The van der Waals surface area contributed by atoms with Crippen LogP contribution in [-0.4, -0.2) is 33.1 Å². The fourth-order valence-corrected chi connectivity index (χ4v) is 3.08. The van der Waals surface area contributed by atoms with Gasteiger partial charge in [-0.2, -0.15) is 0 Å². The van der Waals surface area contributed by atoms with Crippen LogP contribution in [0, 0.1) is 18.3 Å². The molecule has 21 heavy (non-hydrogen) atoms. The highest BCUT2D eigenvalue weighted by Crippen LogP contribution is 2.35. The molecule has 2 rings (SSSR count). The van der Waals surface area contributed by atoms with E-state index in [9.17, 15) is 4.79 Å². The van der Waals surface area contributed by atoms with Gasteiger partial charge < -0.3 is 15.5 Å². The topological polar surface area (TPSA) is 44.4 Å². The van der Waals surface area contributed by atoms with Crippen LogP contribution in [0.15, 0.2) is 18.2 Å². The van der Waals surface area contributed by atoms with E-state index in [2.05, 4.69) is 42.4 Å². The molecule has 2 N–H and O–H groups in total. The summed E-state index contributed by atoms with van der Waals surface area (Å²) in [6.45, 7) is 8.03.